The monoisotopic (exact) mass is 629 g/mol. The van der Waals surface area contributed by atoms with Crippen molar-refractivity contribution in [3.05, 3.63) is 131 Å². The van der Waals surface area contributed by atoms with Crippen LogP contribution in [0.25, 0.3) is 61.3 Å². The van der Waals surface area contributed by atoms with Gasteiger partial charge in [-0.15, -0.1) is 0 Å². The van der Waals surface area contributed by atoms with Crippen LogP contribution in [0.3, 0.4) is 0 Å². The first-order valence-electron chi connectivity index (χ1n) is 16.4. The molecular formula is C41H37N6O+. The predicted molar refractivity (Wildman–Crippen MR) is 198 cm³/mol. The zero-order valence-corrected chi connectivity index (χ0v) is 27.8. The molecule has 1 N–H and O–H groups in total. The number of hydrogen-bond donors (Lipinski definition) is 1. The zero-order valence-electron chi connectivity index (χ0n) is 27.8. The summed E-state index contributed by atoms with van der Waals surface area (Å²) in [5.41, 5.74) is 14.6. The molecule has 0 fully saturated rings. The van der Waals surface area contributed by atoms with Gasteiger partial charge in [0.15, 0.2) is 11.5 Å². The van der Waals surface area contributed by atoms with Gasteiger partial charge in [0.1, 0.15) is 11.0 Å². The highest BCUT2D eigenvalue weighted by Crippen LogP contribution is 2.39. The van der Waals surface area contributed by atoms with Crippen molar-refractivity contribution < 1.29 is 4.57 Å². The molecule has 3 aliphatic rings. The van der Waals surface area contributed by atoms with Crippen LogP contribution in [-0.2, 0) is 0 Å². The third-order valence-electron chi connectivity index (χ3n) is 9.51. The van der Waals surface area contributed by atoms with E-state index >= 15 is 0 Å². The Morgan fingerprint density at radius 3 is 2.38 bits per heavy atom. The van der Waals surface area contributed by atoms with E-state index in [9.17, 15) is 4.79 Å². The maximum Gasteiger partial charge on any atom is 0.234 e. The Labute approximate surface area is 279 Å². The van der Waals surface area contributed by atoms with Crippen LogP contribution in [0.15, 0.2) is 114 Å². The van der Waals surface area contributed by atoms with Crippen LogP contribution in [0.1, 0.15) is 23.6 Å². The number of aromatic nitrogens is 4. The Morgan fingerprint density at radius 2 is 1.62 bits per heavy atom. The summed E-state index contributed by atoms with van der Waals surface area (Å²) in [6, 6.07) is 29.3. The lowest BCUT2D eigenvalue weighted by Gasteiger charge is -2.24. The standard InChI is InChI=1S/C41H36N6O/c1-25-18-33-38(46(28-12-8-6-9-13-28)37-20-27(42-3)16-17-32(37)43-33)22-30(25)31-21-35-39(23-36(31)45(4)5)47(29-14-10-7-11-15-29)40-24-41(48)26(2)19-34(40)44-35/h6-12,14-24,28H,13H2,1-5H3/p+1. The van der Waals surface area contributed by atoms with E-state index in [0.29, 0.717) is 5.56 Å². The van der Waals surface area contributed by atoms with Gasteiger partial charge in [0.05, 0.1) is 22.4 Å². The summed E-state index contributed by atoms with van der Waals surface area (Å²) < 4.78 is 4.60. The number of rotatable bonds is 5. The van der Waals surface area contributed by atoms with Crippen molar-refractivity contribution >= 4 is 44.5 Å². The molecule has 7 heteroatoms. The Morgan fingerprint density at radius 1 is 0.812 bits per heavy atom. The van der Waals surface area contributed by atoms with Gasteiger partial charge in [0, 0.05) is 68.4 Å². The highest BCUT2D eigenvalue weighted by atomic mass is 16.1. The van der Waals surface area contributed by atoms with Crippen LogP contribution in [0.5, 0.6) is 0 Å². The van der Waals surface area contributed by atoms with Crippen molar-refractivity contribution in [2.75, 3.05) is 31.4 Å². The molecule has 2 heterocycles. The molecule has 0 spiro atoms. The molecular weight excluding hydrogens is 592 g/mol. The molecule has 7 nitrogen and oxygen atoms in total. The minimum Gasteiger partial charge on any atom is -0.388 e. The number of allylic oxidation sites excluding steroid dienone is 4. The predicted octanol–water partition coefficient (Wildman–Crippen LogP) is 7.93. The summed E-state index contributed by atoms with van der Waals surface area (Å²) >= 11 is 0. The minimum atomic E-state index is 0.00384. The van der Waals surface area contributed by atoms with Crippen LogP contribution in [-0.4, -0.2) is 35.7 Å². The van der Waals surface area contributed by atoms with Crippen LogP contribution < -0.4 is 20.2 Å². The number of benzene rings is 5. The molecule has 2 aliphatic carbocycles. The van der Waals surface area contributed by atoms with Crippen molar-refractivity contribution in [3.63, 3.8) is 0 Å². The summed E-state index contributed by atoms with van der Waals surface area (Å²) in [5, 5.41) is 3.31. The molecule has 1 unspecified atom stereocenters. The van der Waals surface area contributed by atoms with Gasteiger partial charge in [-0.25, -0.2) is 9.97 Å². The Hall–Kier alpha value is -5.82. The highest BCUT2D eigenvalue weighted by Gasteiger charge is 2.27. The molecule has 0 bridgehead atoms. The number of aryl methyl sites for hydroxylation is 2. The lowest BCUT2D eigenvalue weighted by Crippen LogP contribution is -2.40. The van der Waals surface area contributed by atoms with Gasteiger partial charge in [-0.05, 0) is 85.1 Å². The van der Waals surface area contributed by atoms with Gasteiger partial charge >= 0.3 is 0 Å². The summed E-state index contributed by atoms with van der Waals surface area (Å²) in [6.07, 6.45) is 9.67. The second kappa shape index (κ2) is 11.5. The van der Waals surface area contributed by atoms with Crippen molar-refractivity contribution in [2.24, 2.45) is 0 Å². The van der Waals surface area contributed by atoms with E-state index in [1.807, 2.05) is 38.2 Å². The van der Waals surface area contributed by atoms with E-state index in [1.165, 1.54) is 0 Å². The first-order chi connectivity index (χ1) is 23.3. The molecule has 0 radical (unpaired) electrons. The maximum atomic E-state index is 12.9. The number of fused-ring (bicyclic) bond motifs is 4. The minimum absolute atomic E-state index is 0.00384. The van der Waals surface area contributed by atoms with Crippen LogP contribution in [0, 0.1) is 13.8 Å². The van der Waals surface area contributed by atoms with Gasteiger partial charge in [0.25, 0.3) is 0 Å². The Balaban J connectivity index is 1.46. The normalized spacial score (nSPS) is 14.4. The van der Waals surface area contributed by atoms with Crippen LogP contribution >= 0.6 is 0 Å². The average Bonchev–Trinajstić information content (AvgIpc) is 3.10. The van der Waals surface area contributed by atoms with Crippen molar-refractivity contribution in [2.45, 2.75) is 26.3 Å². The zero-order chi connectivity index (χ0) is 33.1. The van der Waals surface area contributed by atoms with E-state index in [0.717, 1.165) is 84.7 Å². The lowest BCUT2D eigenvalue weighted by molar-refractivity contribution is -0.661. The first kappa shape index (κ1) is 29.6. The molecule has 48 heavy (non-hydrogen) atoms. The van der Waals surface area contributed by atoms with E-state index in [2.05, 4.69) is 119 Å². The largest absolute Gasteiger partial charge is 0.388 e. The summed E-state index contributed by atoms with van der Waals surface area (Å²) in [6.45, 7) is 4.02. The summed E-state index contributed by atoms with van der Waals surface area (Å²) in [5.74, 6) is 0. The molecule has 4 aromatic carbocycles. The van der Waals surface area contributed by atoms with Crippen LogP contribution in [0.2, 0.25) is 0 Å². The number of nitrogens with zero attached hydrogens (tertiary/aromatic N) is 5. The fourth-order valence-electron chi connectivity index (χ4n) is 7.06. The second-order valence-corrected chi connectivity index (χ2v) is 12.8. The molecule has 0 amide bonds. The fourth-order valence-corrected chi connectivity index (χ4v) is 7.06. The lowest BCUT2D eigenvalue weighted by atomic mass is 9.95. The number of anilines is 2. The van der Waals surface area contributed by atoms with Crippen LogP contribution in [0.4, 0.5) is 11.4 Å². The third kappa shape index (κ3) is 4.82. The SMILES string of the molecule is CNc1ccc2nc3cc(C)c(-c4cc5nc6cc(C)c(=O)cc-6n(-c6ccccc6)c5cc4N(C)C)cc3[n+](C3C=CC=CC3)c2c1. The Bertz CT molecular complexity index is 2490. The van der Waals surface area contributed by atoms with Crippen molar-refractivity contribution in [1.82, 2.24) is 14.5 Å². The van der Waals surface area contributed by atoms with Crippen molar-refractivity contribution in [3.8, 4) is 28.2 Å². The van der Waals surface area contributed by atoms with E-state index in [-0.39, 0.29) is 11.5 Å². The van der Waals surface area contributed by atoms with Gasteiger partial charge in [-0.2, -0.15) is 4.57 Å². The molecule has 0 saturated carbocycles. The summed E-state index contributed by atoms with van der Waals surface area (Å²) in [7, 11) is 6.11. The third-order valence-corrected chi connectivity index (χ3v) is 9.51. The smallest absolute Gasteiger partial charge is 0.234 e. The first-order valence-corrected chi connectivity index (χ1v) is 16.4. The highest BCUT2D eigenvalue weighted by molar-refractivity contribution is 5.97. The quantitative estimate of drug-likeness (QED) is 0.155. The molecule has 1 atom stereocenters. The Kier molecular flexibility index (Phi) is 7.06. The second-order valence-electron chi connectivity index (χ2n) is 12.8. The molecule has 1 aromatic heterocycles. The number of para-hydroxylation sites is 1. The molecule has 8 rings (SSSR count). The summed E-state index contributed by atoms with van der Waals surface area (Å²) in [4.78, 5) is 25.4. The molecule has 1 aliphatic heterocycles. The molecule has 236 valence electrons. The van der Waals surface area contributed by atoms with Gasteiger partial charge in [0.2, 0.25) is 11.0 Å². The topological polar surface area (TPSA) is 66.9 Å². The molecule has 0 saturated heterocycles. The average molecular weight is 630 g/mol. The maximum absolute atomic E-state index is 12.9. The fraction of sp³-hybridized carbons (Fsp3) is 0.171. The van der Waals surface area contributed by atoms with Gasteiger partial charge < -0.3 is 14.8 Å². The van der Waals surface area contributed by atoms with E-state index in [1.54, 1.807) is 6.07 Å². The number of hydrogen-bond acceptors (Lipinski definition) is 5. The van der Waals surface area contributed by atoms with Gasteiger partial charge in [-0.1, -0.05) is 36.4 Å². The van der Waals surface area contributed by atoms with E-state index < -0.39 is 0 Å². The number of nitrogens with one attached hydrogen (secondary N) is 1. The van der Waals surface area contributed by atoms with Gasteiger partial charge in [-0.3, -0.25) is 4.79 Å². The van der Waals surface area contributed by atoms with Crippen molar-refractivity contribution in [1.29, 1.82) is 0 Å². The van der Waals surface area contributed by atoms with E-state index in [4.69, 9.17) is 9.97 Å². The molecule has 5 aromatic rings.